The van der Waals surface area contributed by atoms with E-state index in [0.29, 0.717) is 28.6 Å². The second-order valence-electron chi connectivity index (χ2n) is 9.87. The zero-order valence-electron chi connectivity index (χ0n) is 25.0. The fourth-order valence-corrected chi connectivity index (χ4v) is 7.17. The van der Waals surface area contributed by atoms with E-state index in [1.165, 1.54) is 22.7 Å². The van der Waals surface area contributed by atoms with Crippen molar-refractivity contribution in [3.8, 4) is 32.4 Å². The Balaban J connectivity index is 1.59. The Morgan fingerprint density at radius 3 is 1.42 bits per heavy atom. The van der Waals surface area contributed by atoms with Crippen LogP contribution in [0.3, 0.4) is 0 Å². The molecule has 0 amide bonds. The lowest BCUT2D eigenvalue weighted by molar-refractivity contribution is 0.0315. The van der Waals surface area contributed by atoms with E-state index in [2.05, 4.69) is 42.7 Å². The van der Waals surface area contributed by atoms with Gasteiger partial charge in [0.05, 0.1) is 5.71 Å². The van der Waals surface area contributed by atoms with Crippen LogP contribution in [-0.4, -0.2) is 59.4 Å². The molecule has 0 saturated carbocycles. The topological polar surface area (TPSA) is 57.5 Å². The molecule has 0 aliphatic rings. The Hall–Kier alpha value is -2.59. The number of benzene rings is 2. The largest absolute Gasteiger partial charge is 0.464 e. The monoisotopic (exact) mass is 659 g/mol. The van der Waals surface area contributed by atoms with E-state index in [-0.39, 0.29) is 12.5 Å². The minimum atomic E-state index is -0.349. The van der Waals surface area contributed by atoms with Gasteiger partial charge in [-0.3, -0.25) is 9.80 Å². The van der Waals surface area contributed by atoms with Crippen LogP contribution in [-0.2, 0) is 0 Å². The maximum atomic E-state index is 10.3. The van der Waals surface area contributed by atoms with Gasteiger partial charge in [0.25, 0.3) is 0 Å². The van der Waals surface area contributed by atoms with Crippen molar-refractivity contribution in [1.82, 2.24) is 9.80 Å². The molecule has 43 heavy (non-hydrogen) atoms. The van der Waals surface area contributed by atoms with Gasteiger partial charge in [0.2, 0.25) is 0 Å². The summed E-state index contributed by atoms with van der Waals surface area (Å²) in [7, 11) is 0. The minimum Gasteiger partial charge on any atom is -0.464 e. The molecule has 0 radical (unpaired) electrons. The molecule has 0 aliphatic heterocycles. The summed E-state index contributed by atoms with van der Waals surface area (Å²) in [6.45, 7) is 11.5. The van der Waals surface area contributed by atoms with Crippen molar-refractivity contribution in [2.24, 2.45) is 5.16 Å². The van der Waals surface area contributed by atoms with Gasteiger partial charge in [-0.05, 0) is 61.2 Å². The lowest BCUT2D eigenvalue weighted by Crippen LogP contribution is -2.44. The molecular formula is C33H39Cl2N3O3S2. The third-order valence-electron chi connectivity index (χ3n) is 7.47. The molecule has 4 aromatic rings. The van der Waals surface area contributed by atoms with Crippen molar-refractivity contribution in [1.29, 1.82) is 0 Å². The van der Waals surface area contributed by atoms with E-state index in [9.17, 15) is 5.21 Å². The number of nitrogens with zero attached hydrogens (tertiary/aromatic N) is 3. The van der Waals surface area contributed by atoms with Crippen LogP contribution in [0, 0.1) is 0 Å². The fraction of sp³-hybridized carbons (Fsp3) is 0.364. The Morgan fingerprint density at radius 2 is 1.07 bits per heavy atom. The Morgan fingerprint density at radius 1 is 0.674 bits per heavy atom. The van der Waals surface area contributed by atoms with Crippen LogP contribution in [0.1, 0.15) is 40.5 Å². The summed E-state index contributed by atoms with van der Waals surface area (Å²) < 4.78 is 13.4. The van der Waals surface area contributed by atoms with Crippen LogP contribution in [0.5, 0.6) is 10.1 Å². The molecule has 0 aliphatic carbocycles. The molecule has 0 saturated heterocycles. The lowest BCUT2D eigenvalue weighted by Gasteiger charge is -2.33. The predicted octanol–water partition coefficient (Wildman–Crippen LogP) is 9.85. The van der Waals surface area contributed by atoms with E-state index in [1.54, 1.807) is 0 Å². The predicted molar refractivity (Wildman–Crippen MR) is 183 cm³/mol. The van der Waals surface area contributed by atoms with E-state index >= 15 is 0 Å². The van der Waals surface area contributed by atoms with Crippen molar-refractivity contribution in [3.63, 3.8) is 0 Å². The van der Waals surface area contributed by atoms with Gasteiger partial charge in [-0.15, -0.1) is 22.7 Å². The van der Waals surface area contributed by atoms with Crippen molar-refractivity contribution in [2.45, 2.75) is 53.0 Å². The SMILES string of the molecule is CCN(CC)C(CC(CC(Oc1sccc1-c1ccccc1Cl)N(CC)CC)=NO)Oc1sccc1-c1ccccc1Cl. The Kier molecular flexibility index (Phi) is 12.8. The third-order valence-corrected chi connectivity index (χ3v) is 9.74. The highest BCUT2D eigenvalue weighted by Crippen LogP contribution is 2.41. The van der Waals surface area contributed by atoms with Gasteiger partial charge >= 0.3 is 0 Å². The van der Waals surface area contributed by atoms with Crippen LogP contribution < -0.4 is 9.47 Å². The first-order valence-corrected chi connectivity index (χ1v) is 17.1. The van der Waals surface area contributed by atoms with Crippen LogP contribution in [0.4, 0.5) is 0 Å². The molecular weight excluding hydrogens is 621 g/mol. The zero-order chi connectivity index (χ0) is 30.8. The number of hydrogen-bond acceptors (Lipinski definition) is 8. The maximum Gasteiger partial charge on any atom is 0.184 e. The van der Waals surface area contributed by atoms with Crippen molar-refractivity contribution in [3.05, 3.63) is 81.5 Å². The smallest absolute Gasteiger partial charge is 0.184 e. The number of ether oxygens (including phenoxy) is 2. The normalized spacial score (nSPS) is 12.8. The first-order chi connectivity index (χ1) is 20.9. The first kappa shape index (κ1) is 33.3. The molecule has 4 rings (SSSR count). The third kappa shape index (κ3) is 8.32. The number of hydrogen-bond donors (Lipinski definition) is 1. The highest BCUT2D eigenvalue weighted by atomic mass is 35.5. The van der Waals surface area contributed by atoms with Gasteiger partial charge in [-0.2, -0.15) is 0 Å². The lowest BCUT2D eigenvalue weighted by atomic mass is 10.1. The van der Waals surface area contributed by atoms with Crippen LogP contribution in [0.15, 0.2) is 76.6 Å². The molecule has 0 fully saturated rings. The van der Waals surface area contributed by atoms with Gasteiger partial charge in [-0.1, -0.05) is 92.5 Å². The van der Waals surface area contributed by atoms with Crippen LogP contribution >= 0.6 is 45.9 Å². The van der Waals surface area contributed by atoms with Crippen LogP contribution in [0.2, 0.25) is 10.0 Å². The standard InChI is InChI=1S/C33H39Cl2N3O3S2/c1-5-37(6-2)30(40-32-26(17-19-42-32)24-13-9-11-15-28(24)34)21-23(36-39)22-31(38(7-3)8-4)41-33-27(18-20-43-33)25-14-10-12-16-29(25)35/h9-20,30-31,39H,5-8,21-22H2,1-4H3. The first-order valence-electron chi connectivity index (χ1n) is 14.6. The number of thiophene rings is 2. The van der Waals surface area contributed by atoms with Gasteiger partial charge < -0.3 is 14.7 Å². The molecule has 2 heterocycles. The Bertz CT molecular complexity index is 1360. The second-order valence-corrected chi connectivity index (χ2v) is 12.4. The maximum absolute atomic E-state index is 10.3. The van der Waals surface area contributed by atoms with Gasteiger partial charge in [0.1, 0.15) is 0 Å². The van der Waals surface area contributed by atoms with E-state index in [4.69, 9.17) is 32.7 Å². The zero-order valence-corrected chi connectivity index (χ0v) is 28.1. The molecule has 6 nitrogen and oxygen atoms in total. The number of rotatable bonds is 16. The van der Waals surface area contributed by atoms with Gasteiger partial charge in [-0.25, -0.2) is 0 Å². The van der Waals surface area contributed by atoms with Gasteiger partial charge in [0.15, 0.2) is 22.6 Å². The summed E-state index contributed by atoms with van der Waals surface area (Å²) in [6, 6.07) is 19.6. The Labute approximate surface area is 273 Å². The summed E-state index contributed by atoms with van der Waals surface area (Å²) in [5.74, 6) is 0. The molecule has 10 heteroatoms. The van der Waals surface area contributed by atoms with Gasteiger partial charge in [0, 0.05) is 45.1 Å². The average molecular weight is 661 g/mol. The number of oxime groups is 1. The molecule has 2 aromatic carbocycles. The fourth-order valence-electron chi connectivity index (χ4n) is 5.10. The van der Waals surface area contributed by atoms with Crippen molar-refractivity contribution >= 4 is 51.6 Å². The quantitative estimate of drug-likeness (QED) is 0.0561. The van der Waals surface area contributed by atoms with E-state index in [1.807, 2.05) is 71.4 Å². The van der Waals surface area contributed by atoms with Crippen molar-refractivity contribution < 1.29 is 14.7 Å². The highest BCUT2D eigenvalue weighted by molar-refractivity contribution is 7.12. The van der Waals surface area contributed by atoms with E-state index in [0.717, 1.165) is 58.6 Å². The molecule has 2 unspecified atom stereocenters. The molecule has 2 aromatic heterocycles. The average Bonchev–Trinajstić information content (AvgIpc) is 3.68. The number of halogens is 2. The molecule has 0 bridgehead atoms. The summed E-state index contributed by atoms with van der Waals surface area (Å²) in [5.41, 5.74) is 4.35. The van der Waals surface area contributed by atoms with Crippen molar-refractivity contribution in [2.75, 3.05) is 26.2 Å². The second kappa shape index (κ2) is 16.5. The minimum absolute atomic E-state index is 0.349. The highest BCUT2D eigenvalue weighted by Gasteiger charge is 2.28. The summed E-state index contributed by atoms with van der Waals surface area (Å²) in [5, 5.41) is 21.0. The molecule has 0 spiro atoms. The van der Waals surface area contributed by atoms with E-state index < -0.39 is 0 Å². The molecule has 1 N–H and O–H groups in total. The van der Waals surface area contributed by atoms with Crippen LogP contribution in [0.25, 0.3) is 22.3 Å². The summed E-state index contributed by atoms with van der Waals surface area (Å²) in [4.78, 5) is 4.45. The molecule has 2 atom stereocenters. The molecule has 230 valence electrons. The summed E-state index contributed by atoms with van der Waals surface area (Å²) >= 11 is 16.1. The summed E-state index contributed by atoms with van der Waals surface area (Å²) in [6.07, 6.45) is 0.110.